The van der Waals surface area contributed by atoms with Gasteiger partial charge < -0.3 is 10.4 Å². The van der Waals surface area contributed by atoms with Crippen LogP contribution in [0.15, 0.2) is 12.4 Å². The van der Waals surface area contributed by atoms with Gasteiger partial charge in [0.1, 0.15) is 0 Å². The Morgan fingerprint density at radius 1 is 1.42 bits per heavy atom. The van der Waals surface area contributed by atoms with Gasteiger partial charge in [-0.1, -0.05) is 12.8 Å². The van der Waals surface area contributed by atoms with Gasteiger partial charge in [-0.2, -0.15) is 5.10 Å². The van der Waals surface area contributed by atoms with Crippen LogP contribution in [0.4, 0.5) is 5.69 Å². The van der Waals surface area contributed by atoms with Gasteiger partial charge in [-0.25, -0.2) is 0 Å². The van der Waals surface area contributed by atoms with Gasteiger partial charge in [-0.15, -0.1) is 0 Å². The normalized spacial score (nSPS) is 23.0. The van der Waals surface area contributed by atoms with E-state index in [9.17, 15) is 9.59 Å². The number of carboxylic acids is 1. The number of aryl methyl sites for hydroxylation is 1. The maximum Gasteiger partial charge on any atom is 0.307 e. The minimum absolute atomic E-state index is 0.206. The van der Waals surface area contributed by atoms with Crippen LogP contribution in [0.5, 0.6) is 0 Å². The highest BCUT2D eigenvalue weighted by molar-refractivity contribution is 5.95. The van der Waals surface area contributed by atoms with E-state index >= 15 is 0 Å². The fourth-order valence-corrected chi connectivity index (χ4v) is 2.58. The largest absolute Gasteiger partial charge is 0.481 e. The summed E-state index contributed by atoms with van der Waals surface area (Å²) in [6, 6.07) is 0. The summed E-state index contributed by atoms with van der Waals surface area (Å²) in [5.74, 6) is -2.07. The zero-order valence-corrected chi connectivity index (χ0v) is 11.0. The van der Waals surface area contributed by atoms with Crippen molar-refractivity contribution in [1.82, 2.24) is 9.78 Å². The number of nitrogens with one attached hydrogen (secondary N) is 1. The fraction of sp³-hybridized carbons (Fsp3) is 0.615. The molecule has 0 aliphatic heterocycles. The average molecular weight is 265 g/mol. The van der Waals surface area contributed by atoms with Gasteiger partial charge in [0.25, 0.3) is 0 Å². The number of nitrogens with zero attached hydrogens (tertiary/aromatic N) is 2. The summed E-state index contributed by atoms with van der Waals surface area (Å²) >= 11 is 0. The first-order valence-corrected chi connectivity index (χ1v) is 6.68. The Morgan fingerprint density at radius 2 is 2.11 bits per heavy atom. The van der Waals surface area contributed by atoms with Crippen molar-refractivity contribution in [3.05, 3.63) is 12.4 Å². The van der Waals surface area contributed by atoms with Crippen molar-refractivity contribution < 1.29 is 14.7 Å². The monoisotopic (exact) mass is 265 g/mol. The second kappa shape index (κ2) is 5.86. The van der Waals surface area contributed by atoms with Crippen LogP contribution in [-0.4, -0.2) is 26.8 Å². The van der Waals surface area contributed by atoms with Crippen molar-refractivity contribution in [1.29, 1.82) is 0 Å². The SMILES string of the molecule is CCn1cc(NC(=O)C2CCCCC2C(=O)O)cn1. The third-order valence-corrected chi connectivity index (χ3v) is 3.64. The lowest BCUT2D eigenvalue weighted by Gasteiger charge is -2.27. The Hall–Kier alpha value is -1.85. The summed E-state index contributed by atoms with van der Waals surface area (Å²) in [5.41, 5.74) is 0.626. The van der Waals surface area contributed by atoms with E-state index in [0.717, 1.165) is 19.4 Å². The van der Waals surface area contributed by atoms with Crippen molar-refractivity contribution in [2.45, 2.75) is 39.2 Å². The van der Waals surface area contributed by atoms with Crippen LogP contribution in [0.3, 0.4) is 0 Å². The third kappa shape index (κ3) is 3.13. The number of amides is 1. The van der Waals surface area contributed by atoms with E-state index in [0.29, 0.717) is 18.5 Å². The van der Waals surface area contributed by atoms with Crippen LogP contribution < -0.4 is 5.32 Å². The molecule has 19 heavy (non-hydrogen) atoms. The number of hydrogen-bond donors (Lipinski definition) is 2. The quantitative estimate of drug-likeness (QED) is 0.868. The van der Waals surface area contributed by atoms with Gasteiger partial charge in [-0.05, 0) is 19.8 Å². The number of carbonyl (C=O) groups is 2. The first kappa shape index (κ1) is 13.6. The molecule has 6 nitrogen and oxygen atoms in total. The van der Waals surface area contributed by atoms with Crippen LogP contribution in [0.25, 0.3) is 0 Å². The molecule has 6 heteroatoms. The molecule has 1 aromatic rings. The summed E-state index contributed by atoms with van der Waals surface area (Å²) in [6.07, 6.45) is 6.35. The molecule has 0 spiro atoms. The molecule has 1 heterocycles. The number of hydrogen-bond acceptors (Lipinski definition) is 3. The Kier molecular flexibility index (Phi) is 4.19. The first-order chi connectivity index (χ1) is 9.11. The number of aliphatic carboxylic acids is 1. The van der Waals surface area contributed by atoms with Crippen molar-refractivity contribution in [2.24, 2.45) is 11.8 Å². The molecule has 104 valence electrons. The highest BCUT2D eigenvalue weighted by Crippen LogP contribution is 2.31. The maximum atomic E-state index is 12.2. The summed E-state index contributed by atoms with van der Waals surface area (Å²) in [6.45, 7) is 2.69. The second-order valence-electron chi connectivity index (χ2n) is 4.91. The van der Waals surface area contributed by atoms with E-state index in [1.54, 1.807) is 17.1 Å². The molecule has 1 aliphatic rings. The van der Waals surface area contributed by atoms with Crippen molar-refractivity contribution >= 4 is 17.6 Å². The molecule has 0 bridgehead atoms. The zero-order valence-electron chi connectivity index (χ0n) is 11.0. The third-order valence-electron chi connectivity index (χ3n) is 3.64. The summed E-state index contributed by atoms with van der Waals surface area (Å²) < 4.78 is 1.71. The van der Waals surface area contributed by atoms with Gasteiger partial charge >= 0.3 is 5.97 Å². The number of carbonyl (C=O) groups excluding carboxylic acids is 1. The Bertz CT molecular complexity index is 469. The summed E-state index contributed by atoms with van der Waals surface area (Å²) in [5, 5.41) is 16.0. The van der Waals surface area contributed by atoms with E-state index in [4.69, 9.17) is 5.11 Å². The molecule has 0 aromatic carbocycles. The predicted molar refractivity (Wildman–Crippen MR) is 69.6 cm³/mol. The van der Waals surface area contributed by atoms with E-state index in [-0.39, 0.29) is 5.91 Å². The van der Waals surface area contributed by atoms with Crippen molar-refractivity contribution in [3.63, 3.8) is 0 Å². The molecule has 1 aromatic heterocycles. The summed E-state index contributed by atoms with van der Waals surface area (Å²) in [7, 11) is 0. The second-order valence-corrected chi connectivity index (χ2v) is 4.91. The minimum Gasteiger partial charge on any atom is -0.481 e. The van der Waals surface area contributed by atoms with E-state index in [1.165, 1.54) is 0 Å². The van der Waals surface area contributed by atoms with Crippen molar-refractivity contribution in [2.75, 3.05) is 5.32 Å². The molecule has 0 radical (unpaired) electrons. The van der Waals surface area contributed by atoms with E-state index in [2.05, 4.69) is 10.4 Å². The highest BCUT2D eigenvalue weighted by atomic mass is 16.4. The van der Waals surface area contributed by atoms with Crippen LogP contribution in [0.1, 0.15) is 32.6 Å². The standard InChI is InChI=1S/C13H19N3O3/c1-2-16-8-9(7-14-16)15-12(17)10-5-3-4-6-11(10)13(18)19/h7-8,10-11H,2-6H2,1H3,(H,15,17)(H,18,19). The lowest BCUT2D eigenvalue weighted by Crippen LogP contribution is -2.35. The average Bonchev–Trinajstić information content (AvgIpc) is 2.86. The fourth-order valence-electron chi connectivity index (χ4n) is 2.58. The predicted octanol–water partition coefficient (Wildman–Crippen LogP) is 1.73. The minimum atomic E-state index is -0.871. The Balaban J connectivity index is 2.03. The molecule has 2 N–H and O–H groups in total. The highest BCUT2D eigenvalue weighted by Gasteiger charge is 2.35. The summed E-state index contributed by atoms with van der Waals surface area (Å²) in [4.78, 5) is 23.3. The molecule has 1 fully saturated rings. The molecule has 2 rings (SSSR count). The number of carboxylic acid groups (broad SMARTS) is 1. The van der Waals surface area contributed by atoms with Gasteiger partial charge in [0.2, 0.25) is 5.91 Å². The molecule has 2 atom stereocenters. The molecular weight excluding hydrogens is 246 g/mol. The number of aromatic nitrogens is 2. The smallest absolute Gasteiger partial charge is 0.307 e. The number of anilines is 1. The zero-order chi connectivity index (χ0) is 13.8. The number of rotatable bonds is 4. The Labute approximate surface area is 111 Å². The molecule has 0 saturated heterocycles. The lowest BCUT2D eigenvalue weighted by molar-refractivity contribution is -0.147. The molecule has 1 saturated carbocycles. The molecular formula is C13H19N3O3. The van der Waals surface area contributed by atoms with Crippen molar-refractivity contribution in [3.8, 4) is 0 Å². The molecule has 1 amide bonds. The molecule has 2 unspecified atom stereocenters. The lowest BCUT2D eigenvalue weighted by atomic mass is 9.78. The first-order valence-electron chi connectivity index (χ1n) is 6.68. The van der Waals surface area contributed by atoms with Crippen LogP contribution >= 0.6 is 0 Å². The molecule has 1 aliphatic carbocycles. The Morgan fingerprint density at radius 3 is 2.68 bits per heavy atom. The van der Waals surface area contributed by atoms with Gasteiger partial charge in [-0.3, -0.25) is 14.3 Å². The topological polar surface area (TPSA) is 84.2 Å². The van der Waals surface area contributed by atoms with Gasteiger partial charge in [0.05, 0.1) is 23.7 Å². The maximum absolute atomic E-state index is 12.2. The van der Waals surface area contributed by atoms with Crippen LogP contribution in [-0.2, 0) is 16.1 Å². The van der Waals surface area contributed by atoms with E-state index in [1.807, 2.05) is 6.92 Å². The van der Waals surface area contributed by atoms with Gasteiger partial charge in [0, 0.05) is 12.7 Å². The van der Waals surface area contributed by atoms with Gasteiger partial charge in [0.15, 0.2) is 0 Å². The van der Waals surface area contributed by atoms with E-state index < -0.39 is 17.8 Å². The van der Waals surface area contributed by atoms with Crippen LogP contribution in [0, 0.1) is 11.8 Å². The van der Waals surface area contributed by atoms with Crippen LogP contribution in [0.2, 0.25) is 0 Å².